The number of halogens is 1. The molecule has 5 rings (SSSR count). The molecule has 10 heteroatoms. The minimum Gasteiger partial charge on any atom is -0.470 e. The summed E-state index contributed by atoms with van der Waals surface area (Å²) in [5.41, 5.74) is 0.783. The number of ether oxygens (including phenoxy) is 3. The van der Waals surface area contributed by atoms with Crippen LogP contribution in [0.25, 0.3) is 17.0 Å². The van der Waals surface area contributed by atoms with E-state index < -0.39 is 5.60 Å². The molecule has 0 aliphatic carbocycles. The first-order chi connectivity index (χ1) is 17.6. The van der Waals surface area contributed by atoms with Crippen LogP contribution in [0.4, 0.5) is 4.79 Å². The monoisotopic (exact) mass is 528 g/mol. The van der Waals surface area contributed by atoms with E-state index in [9.17, 15) is 9.59 Å². The molecule has 198 valence electrons. The number of morpholine rings is 1. The first-order valence-electron chi connectivity index (χ1n) is 12.8. The number of fused-ring (bicyclic) bond motifs is 3. The Morgan fingerprint density at radius 3 is 2.51 bits per heavy atom. The predicted octanol–water partition coefficient (Wildman–Crippen LogP) is 4.77. The number of imidazole rings is 1. The van der Waals surface area contributed by atoms with E-state index in [-0.39, 0.29) is 30.0 Å². The highest BCUT2D eigenvalue weighted by atomic mass is 35.5. The van der Waals surface area contributed by atoms with Crippen molar-refractivity contribution >= 4 is 23.5 Å². The topological polar surface area (TPSA) is 87.3 Å². The van der Waals surface area contributed by atoms with Crippen molar-refractivity contribution in [3.05, 3.63) is 51.9 Å². The highest BCUT2D eigenvalue weighted by molar-refractivity contribution is 6.30. The molecule has 2 bridgehead atoms. The summed E-state index contributed by atoms with van der Waals surface area (Å²) in [6.45, 7) is 9.11. The Morgan fingerprint density at radius 1 is 1.16 bits per heavy atom. The number of nitrogens with zero attached hydrogens (tertiary/aromatic N) is 4. The van der Waals surface area contributed by atoms with Gasteiger partial charge in [-0.05, 0) is 39.3 Å². The first kappa shape index (κ1) is 25.6. The third-order valence-corrected chi connectivity index (χ3v) is 6.85. The smallest absolute Gasteiger partial charge is 0.410 e. The van der Waals surface area contributed by atoms with Gasteiger partial charge in [-0.15, -0.1) is 0 Å². The van der Waals surface area contributed by atoms with E-state index in [4.69, 9.17) is 30.8 Å². The lowest BCUT2D eigenvalue weighted by Crippen LogP contribution is -2.70. The van der Waals surface area contributed by atoms with Crippen LogP contribution in [0.5, 0.6) is 5.88 Å². The van der Waals surface area contributed by atoms with Gasteiger partial charge >= 0.3 is 6.09 Å². The van der Waals surface area contributed by atoms with Crippen LogP contribution < -0.4 is 10.3 Å². The standard InChI is InChI=1S/C27H33ClN4O5/c1-5-6-7-12-31-23(36-24-20-15-30(16-21(24)35-20)26(34)37-27(2,3)4)13-22(33)32-14-19(29-25(31)32)17-8-10-18(28)11-9-17/h8-11,13-14,20-21,24H,5-7,12,15-16H2,1-4H3/t20-,21+,24+. The van der Waals surface area contributed by atoms with E-state index in [2.05, 4.69) is 6.92 Å². The zero-order valence-electron chi connectivity index (χ0n) is 21.6. The molecule has 1 aromatic carbocycles. The average molecular weight is 529 g/mol. The number of carbonyl (C=O) groups excluding carboxylic acids is 1. The Labute approximate surface area is 220 Å². The second kappa shape index (κ2) is 10.0. The van der Waals surface area contributed by atoms with E-state index in [1.54, 1.807) is 27.6 Å². The number of aromatic nitrogens is 3. The van der Waals surface area contributed by atoms with Crippen LogP contribution in [-0.4, -0.2) is 61.9 Å². The van der Waals surface area contributed by atoms with Crippen LogP contribution in [0.1, 0.15) is 47.0 Å². The Kier molecular flexibility index (Phi) is 6.93. The summed E-state index contributed by atoms with van der Waals surface area (Å²) < 4.78 is 21.4. The molecule has 2 saturated heterocycles. The summed E-state index contributed by atoms with van der Waals surface area (Å²) in [7, 11) is 0. The molecule has 37 heavy (non-hydrogen) atoms. The number of piperidine rings is 1. The van der Waals surface area contributed by atoms with Gasteiger partial charge in [0, 0.05) is 23.3 Å². The number of unbranched alkanes of at least 4 members (excludes halogenated alkanes) is 2. The third-order valence-electron chi connectivity index (χ3n) is 6.60. The minimum atomic E-state index is -0.561. The molecule has 2 aliphatic rings. The van der Waals surface area contributed by atoms with E-state index in [1.807, 2.05) is 37.5 Å². The summed E-state index contributed by atoms with van der Waals surface area (Å²) in [4.78, 5) is 32.1. The first-order valence-corrected chi connectivity index (χ1v) is 13.2. The van der Waals surface area contributed by atoms with Gasteiger partial charge in [-0.3, -0.25) is 13.8 Å². The number of hydrogen-bond acceptors (Lipinski definition) is 6. The molecule has 4 heterocycles. The summed E-state index contributed by atoms with van der Waals surface area (Å²) in [5, 5.41) is 0.640. The normalized spacial score (nSPS) is 21.1. The molecule has 2 aromatic heterocycles. The molecule has 1 amide bonds. The van der Waals surface area contributed by atoms with Gasteiger partial charge < -0.3 is 19.1 Å². The van der Waals surface area contributed by atoms with Crippen molar-refractivity contribution in [3.8, 4) is 17.1 Å². The van der Waals surface area contributed by atoms with Crippen molar-refractivity contribution in [1.82, 2.24) is 18.9 Å². The van der Waals surface area contributed by atoms with E-state index in [0.29, 0.717) is 42.0 Å². The largest absolute Gasteiger partial charge is 0.470 e. The van der Waals surface area contributed by atoms with Crippen molar-refractivity contribution < 1.29 is 19.0 Å². The van der Waals surface area contributed by atoms with Crippen molar-refractivity contribution in [1.29, 1.82) is 0 Å². The molecule has 0 unspecified atom stereocenters. The van der Waals surface area contributed by atoms with Crippen molar-refractivity contribution in [2.45, 2.75) is 77.4 Å². The number of amides is 1. The molecule has 0 saturated carbocycles. The molecule has 0 N–H and O–H groups in total. The van der Waals surface area contributed by atoms with Gasteiger partial charge in [-0.25, -0.2) is 9.78 Å². The van der Waals surface area contributed by atoms with Gasteiger partial charge in [-0.1, -0.05) is 43.5 Å². The van der Waals surface area contributed by atoms with Crippen LogP contribution in [0, 0.1) is 0 Å². The van der Waals surface area contributed by atoms with Gasteiger partial charge in [0.1, 0.15) is 17.8 Å². The van der Waals surface area contributed by atoms with E-state index in [1.165, 1.54) is 6.07 Å². The van der Waals surface area contributed by atoms with Gasteiger partial charge in [-0.2, -0.15) is 0 Å². The number of hydrogen-bond donors (Lipinski definition) is 0. The fourth-order valence-electron chi connectivity index (χ4n) is 4.76. The second-order valence-corrected chi connectivity index (χ2v) is 11.1. The highest BCUT2D eigenvalue weighted by Gasteiger charge is 2.52. The average Bonchev–Trinajstić information content (AvgIpc) is 3.30. The summed E-state index contributed by atoms with van der Waals surface area (Å²) in [6.07, 6.45) is 3.61. The molecular weight excluding hydrogens is 496 g/mol. The predicted molar refractivity (Wildman–Crippen MR) is 140 cm³/mol. The van der Waals surface area contributed by atoms with Crippen LogP contribution in [0.15, 0.2) is 41.3 Å². The summed E-state index contributed by atoms with van der Waals surface area (Å²) in [5.74, 6) is 1.00. The molecular formula is C27H33ClN4O5. The summed E-state index contributed by atoms with van der Waals surface area (Å²) in [6, 6.07) is 8.90. The fraction of sp³-hybridized carbons (Fsp3) is 0.519. The molecule has 3 aromatic rings. The molecule has 2 aliphatic heterocycles. The van der Waals surface area contributed by atoms with Gasteiger partial charge in [0.25, 0.3) is 5.56 Å². The highest BCUT2D eigenvalue weighted by Crippen LogP contribution is 2.33. The van der Waals surface area contributed by atoms with Gasteiger partial charge in [0.2, 0.25) is 11.7 Å². The van der Waals surface area contributed by atoms with E-state index in [0.717, 1.165) is 24.8 Å². The Balaban J connectivity index is 1.41. The Hall–Kier alpha value is -3.04. The molecule has 9 nitrogen and oxygen atoms in total. The number of benzene rings is 1. The fourth-order valence-corrected chi connectivity index (χ4v) is 4.89. The lowest BCUT2D eigenvalue weighted by Gasteiger charge is -2.52. The molecule has 2 fully saturated rings. The van der Waals surface area contributed by atoms with Gasteiger partial charge in [0.05, 0.1) is 24.8 Å². The zero-order chi connectivity index (χ0) is 26.3. The third kappa shape index (κ3) is 5.33. The van der Waals surface area contributed by atoms with Gasteiger partial charge in [0.15, 0.2) is 6.10 Å². The van der Waals surface area contributed by atoms with Crippen molar-refractivity contribution in [2.75, 3.05) is 13.1 Å². The Morgan fingerprint density at radius 2 is 1.86 bits per heavy atom. The van der Waals surface area contributed by atoms with Crippen molar-refractivity contribution in [3.63, 3.8) is 0 Å². The van der Waals surface area contributed by atoms with Crippen LogP contribution in [0.2, 0.25) is 5.02 Å². The Bertz CT molecular complexity index is 1330. The maximum Gasteiger partial charge on any atom is 0.410 e. The maximum absolute atomic E-state index is 13.1. The number of aryl methyl sites for hydroxylation is 1. The molecule has 0 spiro atoms. The van der Waals surface area contributed by atoms with Crippen molar-refractivity contribution in [2.24, 2.45) is 0 Å². The van der Waals surface area contributed by atoms with Crippen LogP contribution in [-0.2, 0) is 16.0 Å². The second-order valence-electron chi connectivity index (χ2n) is 10.7. The SMILES string of the molecule is CCCCCn1c(O[C@@H]2[C@@H]3CN(C(=O)OC(C)(C)C)C[C@H]2O3)cc(=O)n2cc(-c3ccc(Cl)cc3)nc12. The van der Waals surface area contributed by atoms with Crippen LogP contribution in [0.3, 0.4) is 0 Å². The number of carbonyl (C=O) groups is 1. The lowest BCUT2D eigenvalue weighted by molar-refractivity contribution is -0.248. The van der Waals surface area contributed by atoms with E-state index >= 15 is 0 Å². The quantitative estimate of drug-likeness (QED) is 0.410. The molecule has 0 radical (unpaired) electrons. The lowest BCUT2D eigenvalue weighted by atomic mass is 9.95. The summed E-state index contributed by atoms with van der Waals surface area (Å²) >= 11 is 6.05. The zero-order valence-corrected chi connectivity index (χ0v) is 22.4. The minimum absolute atomic E-state index is 0.217. The van der Waals surface area contributed by atoms with Crippen LogP contribution >= 0.6 is 11.6 Å². The number of rotatable bonds is 7. The molecule has 3 atom stereocenters. The maximum atomic E-state index is 13.1. The number of likely N-dealkylation sites (tertiary alicyclic amines) is 1.